The number of allylic oxidation sites excluding steroid dienone is 18. The fourth-order valence-electron chi connectivity index (χ4n) is 7.49. The highest BCUT2D eigenvalue weighted by molar-refractivity contribution is 5.71. The van der Waals surface area contributed by atoms with Crippen molar-refractivity contribution in [3.05, 3.63) is 109 Å². The van der Waals surface area contributed by atoms with E-state index >= 15 is 0 Å². The molecule has 0 fully saturated rings. The maximum atomic E-state index is 12.8. The molecule has 0 aliphatic heterocycles. The molecule has 0 bridgehead atoms. The summed E-state index contributed by atoms with van der Waals surface area (Å²) in [5.41, 5.74) is 0. The third kappa shape index (κ3) is 54.9. The lowest BCUT2D eigenvalue weighted by Gasteiger charge is -2.18. The molecule has 0 saturated carbocycles. The summed E-state index contributed by atoms with van der Waals surface area (Å²) in [5, 5.41) is 0. The molecule has 6 heteroatoms. The van der Waals surface area contributed by atoms with Crippen molar-refractivity contribution in [1.29, 1.82) is 0 Å². The molecule has 0 rings (SSSR count). The number of ether oxygens (including phenoxy) is 3. The maximum absolute atomic E-state index is 12.8. The third-order valence-electron chi connectivity index (χ3n) is 11.7. The lowest BCUT2D eigenvalue weighted by molar-refractivity contribution is -0.166. The fraction of sp³-hybridized carbons (Fsp3) is 0.667. The molecule has 0 spiro atoms. The molecule has 69 heavy (non-hydrogen) atoms. The van der Waals surface area contributed by atoms with E-state index in [1.165, 1.54) is 89.9 Å². The van der Waals surface area contributed by atoms with Crippen LogP contribution in [0.4, 0.5) is 0 Å². The van der Waals surface area contributed by atoms with Crippen LogP contribution in [-0.4, -0.2) is 37.2 Å². The summed E-state index contributed by atoms with van der Waals surface area (Å²) < 4.78 is 16.8. The van der Waals surface area contributed by atoms with Gasteiger partial charge in [0.15, 0.2) is 6.10 Å². The Morgan fingerprint density at radius 2 is 0.594 bits per heavy atom. The zero-order valence-corrected chi connectivity index (χ0v) is 44.8. The molecule has 1 atom stereocenters. The number of rotatable bonds is 50. The number of carbonyl (C=O) groups excluding carboxylic acids is 3. The van der Waals surface area contributed by atoms with Crippen LogP contribution in [0.1, 0.15) is 252 Å². The number of esters is 3. The quantitative estimate of drug-likeness (QED) is 0.0262. The van der Waals surface area contributed by atoms with Gasteiger partial charge in [-0.1, -0.05) is 226 Å². The van der Waals surface area contributed by atoms with Gasteiger partial charge in [-0.15, -0.1) is 0 Å². The van der Waals surface area contributed by atoms with Gasteiger partial charge < -0.3 is 14.2 Å². The molecule has 6 nitrogen and oxygen atoms in total. The molecule has 0 saturated heterocycles. The van der Waals surface area contributed by atoms with Crippen LogP contribution in [0.5, 0.6) is 0 Å². The van der Waals surface area contributed by atoms with Crippen molar-refractivity contribution < 1.29 is 28.6 Å². The van der Waals surface area contributed by atoms with Crippen molar-refractivity contribution >= 4 is 17.9 Å². The number of unbranched alkanes of at least 4 members (excludes halogenated alkanes) is 21. The van der Waals surface area contributed by atoms with E-state index in [4.69, 9.17) is 14.2 Å². The van der Waals surface area contributed by atoms with Gasteiger partial charge in [-0.05, 0) is 116 Å². The Kier molecular flexibility index (Phi) is 53.4. The molecule has 0 N–H and O–H groups in total. The lowest BCUT2D eigenvalue weighted by Crippen LogP contribution is -2.30. The van der Waals surface area contributed by atoms with Crippen LogP contribution in [0.25, 0.3) is 0 Å². The molecule has 392 valence electrons. The van der Waals surface area contributed by atoms with Gasteiger partial charge >= 0.3 is 17.9 Å². The molecular weight excluding hydrogens is 853 g/mol. The van der Waals surface area contributed by atoms with Crippen molar-refractivity contribution in [3.8, 4) is 0 Å². The van der Waals surface area contributed by atoms with Crippen molar-refractivity contribution in [2.45, 2.75) is 258 Å². The molecule has 0 aromatic rings. The van der Waals surface area contributed by atoms with Crippen molar-refractivity contribution in [3.63, 3.8) is 0 Å². The van der Waals surface area contributed by atoms with Crippen LogP contribution in [-0.2, 0) is 28.6 Å². The predicted octanol–water partition coefficient (Wildman–Crippen LogP) is 19.1. The Balaban J connectivity index is 4.54. The first kappa shape index (κ1) is 65.1. The first-order valence-corrected chi connectivity index (χ1v) is 28.4. The van der Waals surface area contributed by atoms with E-state index in [2.05, 4.69) is 124 Å². The van der Waals surface area contributed by atoms with Crippen molar-refractivity contribution in [1.82, 2.24) is 0 Å². The Hall–Kier alpha value is -3.93. The maximum Gasteiger partial charge on any atom is 0.306 e. The average molecular weight is 958 g/mol. The minimum Gasteiger partial charge on any atom is -0.462 e. The Labute approximate surface area is 425 Å². The van der Waals surface area contributed by atoms with E-state index in [0.717, 1.165) is 116 Å². The van der Waals surface area contributed by atoms with Gasteiger partial charge in [-0.3, -0.25) is 14.4 Å². The van der Waals surface area contributed by atoms with E-state index in [-0.39, 0.29) is 37.5 Å². The molecule has 0 aliphatic rings. The zero-order valence-electron chi connectivity index (χ0n) is 44.8. The average Bonchev–Trinajstić information content (AvgIpc) is 3.35. The monoisotopic (exact) mass is 957 g/mol. The van der Waals surface area contributed by atoms with E-state index in [9.17, 15) is 14.4 Å². The number of hydrogen-bond acceptors (Lipinski definition) is 6. The predicted molar refractivity (Wildman–Crippen MR) is 297 cm³/mol. The van der Waals surface area contributed by atoms with Gasteiger partial charge in [-0.25, -0.2) is 0 Å². The number of hydrogen-bond donors (Lipinski definition) is 0. The van der Waals surface area contributed by atoms with Gasteiger partial charge in [0, 0.05) is 19.3 Å². The summed E-state index contributed by atoms with van der Waals surface area (Å²) in [6.45, 7) is 6.42. The van der Waals surface area contributed by atoms with Gasteiger partial charge in [-0.2, -0.15) is 0 Å². The number of carbonyl (C=O) groups is 3. The molecule has 1 unspecified atom stereocenters. The van der Waals surface area contributed by atoms with Crippen LogP contribution < -0.4 is 0 Å². The Morgan fingerprint density at radius 3 is 1.00 bits per heavy atom. The second-order valence-corrected chi connectivity index (χ2v) is 18.5. The normalized spacial score (nSPS) is 12.9. The highest BCUT2D eigenvalue weighted by Gasteiger charge is 2.19. The van der Waals surface area contributed by atoms with Gasteiger partial charge in [0.1, 0.15) is 13.2 Å². The standard InChI is InChI=1S/C63H104O6/c1-4-7-10-13-16-19-22-25-28-31-32-33-36-38-41-44-47-50-53-56-62(65)68-59-60(69-63(66)57-54-51-48-45-42-39-35-30-27-24-21-18-15-12-9-6-3)58-67-61(64)55-52-49-46-43-40-37-34-29-26-23-20-17-14-11-8-5-2/h7,10,16,19,21,24-25,28-30,32-35,38,41,47,50,60H,4-6,8-9,11-15,17-18,20,22-23,26-27,31,36-37,39-40,42-46,48-49,51-59H2,1-3H3/b10-7-,19-16-,24-21-,28-25-,33-32-,34-29-,35-30-,41-38-,50-47-. The second-order valence-electron chi connectivity index (χ2n) is 18.5. The summed E-state index contributed by atoms with van der Waals surface area (Å²) in [7, 11) is 0. The van der Waals surface area contributed by atoms with Crippen LogP contribution >= 0.6 is 0 Å². The van der Waals surface area contributed by atoms with Gasteiger partial charge in [0.2, 0.25) is 0 Å². The summed E-state index contributed by atoms with van der Waals surface area (Å²) >= 11 is 0. The summed E-state index contributed by atoms with van der Waals surface area (Å²) in [6.07, 6.45) is 76.6. The molecular formula is C63H104O6. The first-order valence-electron chi connectivity index (χ1n) is 28.4. The topological polar surface area (TPSA) is 78.9 Å². The van der Waals surface area contributed by atoms with Crippen LogP contribution in [0.15, 0.2) is 109 Å². The third-order valence-corrected chi connectivity index (χ3v) is 11.7. The van der Waals surface area contributed by atoms with Crippen LogP contribution in [0.3, 0.4) is 0 Å². The largest absolute Gasteiger partial charge is 0.462 e. The minimum absolute atomic E-state index is 0.113. The highest BCUT2D eigenvalue weighted by Crippen LogP contribution is 2.13. The molecule has 0 radical (unpaired) electrons. The SMILES string of the molecule is CC/C=C\C/C=C\C/C=C\C/C=C\C/C=C\C/C=C\CCC(=O)OCC(COC(=O)CCCCCCC/C=C\CCCCCCCCC)OC(=O)CCCCCCC/C=C\C/C=C\CCCCCC. The molecule has 0 aliphatic carbocycles. The Morgan fingerprint density at radius 1 is 0.304 bits per heavy atom. The second kappa shape index (κ2) is 56.7. The Bertz CT molecular complexity index is 1420. The van der Waals surface area contributed by atoms with Crippen molar-refractivity contribution in [2.24, 2.45) is 0 Å². The van der Waals surface area contributed by atoms with Gasteiger partial charge in [0.05, 0.1) is 0 Å². The van der Waals surface area contributed by atoms with E-state index in [1.807, 2.05) is 6.08 Å². The smallest absolute Gasteiger partial charge is 0.306 e. The fourth-order valence-corrected chi connectivity index (χ4v) is 7.49. The van der Waals surface area contributed by atoms with Crippen molar-refractivity contribution in [2.75, 3.05) is 13.2 Å². The van der Waals surface area contributed by atoms with Gasteiger partial charge in [0.25, 0.3) is 0 Å². The lowest BCUT2D eigenvalue weighted by atomic mass is 10.1. The minimum atomic E-state index is -0.821. The molecule has 0 aromatic heterocycles. The highest BCUT2D eigenvalue weighted by atomic mass is 16.6. The summed E-state index contributed by atoms with van der Waals surface area (Å²) in [6, 6.07) is 0. The van der Waals surface area contributed by atoms with Crippen LogP contribution in [0.2, 0.25) is 0 Å². The molecule has 0 amide bonds. The molecule has 0 aromatic carbocycles. The summed E-state index contributed by atoms with van der Waals surface area (Å²) in [4.78, 5) is 38.1. The van der Waals surface area contributed by atoms with E-state index in [1.54, 1.807) is 0 Å². The summed E-state index contributed by atoms with van der Waals surface area (Å²) in [5.74, 6) is -1.02. The zero-order chi connectivity index (χ0) is 50.0. The van der Waals surface area contributed by atoms with E-state index < -0.39 is 6.10 Å². The molecule has 0 heterocycles. The first-order chi connectivity index (χ1) is 34.0. The van der Waals surface area contributed by atoms with E-state index in [0.29, 0.717) is 19.3 Å². The van der Waals surface area contributed by atoms with Crippen LogP contribution in [0, 0.1) is 0 Å².